The first-order chi connectivity index (χ1) is 11.8. The SMILES string of the molecule is CC(C)(C)OC(=O)N1CCC(Cc2ccc3ncccc3c2N)CC1. The highest BCUT2D eigenvalue weighted by molar-refractivity contribution is 5.91. The molecule has 0 bridgehead atoms. The van der Waals surface area contributed by atoms with Crippen LogP contribution in [-0.4, -0.2) is 34.7 Å². The van der Waals surface area contributed by atoms with E-state index in [0.717, 1.165) is 48.9 Å². The van der Waals surface area contributed by atoms with Crippen molar-refractivity contribution in [3.63, 3.8) is 0 Å². The molecule has 1 aromatic carbocycles. The average molecular weight is 341 g/mol. The second-order valence-electron chi connectivity index (χ2n) is 7.82. The summed E-state index contributed by atoms with van der Waals surface area (Å²) in [5.41, 5.74) is 8.86. The van der Waals surface area contributed by atoms with E-state index in [1.807, 2.05) is 43.9 Å². The fourth-order valence-corrected chi connectivity index (χ4v) is 3.36. The highest BCUT2D eigenvalue weighted by Gasteiger charge is 2.27. The summed E-state index contributed by atoms with van der Waals surface area (Å²) in [6.07, 6.45) is 4.47. The second-order valence-corrected chi connectivity index (χ2v) is 7.82. The van der Waals surface area contributed by atoms with E-state index in [1.54, 1.807) is 6.20 Å². The van der Waals surface area contributed by atoms with Crippen LogP contribution in [0.4, 0.5) is 10.5 Å². The van der Waals surface area contributed by atoms with Crippen molar-refractivity contribution >= 4 is 22.7 Å². The van der Waals surface area contributed by atoms with Gasteiger partial charge in [-0.1, -0.05) is 6.07 Å². The van der Waals surface area contributed by atoms with Crippen molar-refractivity contribution in [2.75, 3.05) is 18.8 Å². The van der Waals surface area contributed by atoms with Gasteiger partial charge < -0.3 is 15.4 Å². The lowest BCUT2D eigenvalue weighted by molar-refractivity contribution is 0.0184. The number of nitrogens with zero attached hydrogens (tertiary/aromatic N) is 2. The summed E-state index contributed by atoms with van der Waals surface area (Å²) in [4.78, 5) is 18.3. The van der Waals surface area contributed by atoms with Crippen LogP contribution in [0.25, 0.3) is 10.9 Å². The smallest absolute Gasteiger partial charge is 0.410 e. The van der Waals surface area contributed by atoms with Crippen LogP contribution in [0, 0.1) is 5.92 Å². The average Bonchev–Trinajstić information content (AvgIpc) is 2.57. The number of benzene rings is 1. The fraction of sp³-hybridized carbons (Fsp3) is 0.500. The van der Waals surface area contributed by atoms with Gasteiger partial charge in [-0.05, 0) is 69.7 Å². The Balaban J connectivity index is 1.61. The van der Waals surface area contributed by atoms with Crippen LogP contribution < -0.4 is 5.73 Å². The Labute approximate surface area is 149 Å². The Morgan fingerprint density at radius 1 is 1.28 bits per heavy atom. The van der Waals surface area contributed by atoms with Crippen LogP contribution in [0.5, 0.6) is 0 Å². The molecule has 1 saturated heterocycles. The van der Waals surface area contributed by atoms with Crippen LogP contribution in [0.1, 0.15) is 39.2 Å². The van der Waals surface area contributed by atoms with E-state index < -0.39 is 5.60 Å². The van der Waals surface area contributed by atoms with Crippen molar-refractivity contribution in [2.45, 2.75) is 45.6 Å². The standard InChI is InChI=1S/C20H27N3O2/c1-20(2,3)25-19(24)23-11-8-14(9-12-23)13-15-6-7-17-16(18(15)21)5-4-10-22-17/h4-7,10,14H,8-9,11-13,21H2,1-3H3. The minimum atomic E-state index is -0.443. The van der Waals surface area contributed by atoms with Crippen molar-refractivity contribution in [2.24, 2.45) is 5.92 Å². The van der Waals surface area contributed by atoms with Crippen LogP contribution in [0.2, 0.25) is 0 Å². The monoisotopic (exact) mass is 341 g/mol. The Kier molecular flexibility index (Phi) is 4.84. The minimum absolute atomic E-state index is 0.206. The number of aromatic nitrogens is 1. The first kappa shape index (κ1) is 17.5. The molecule has 2 aromatic rings. The third-order valence-electron chi connectivity index (χ3n) is 4.69. The topological polar surface area (TPSA) is 68.5 Å². The molecule has 1 fully saturated rings. The molecule has 0 saturated carbocycles. The first-order valence-corrected chi connectivity index (χ1v) is 8.93. The van der Waals surface area contributed by atoms with Gasteiger partial charge in [0.2, 0.25) is 0 Å². The fourth-order valence-electron chi connectivity index (χ4n) is 3.36. The van der Waals surface area contributed by atoms with E-state index in [4.69, 9.17) is 10.5 Å². The summed E-state index contributed by atoms with van der Waals surface area (Å²) in [5, 5.41) is 1.02. The number of carbonyl (C=O) groups excluding carboxylic acids is 1. The molecule has 1 aliphatic heterocycles. The maximum absolute atomic E-state index is 12.2. The molecule has 5 nitrogen and oxygen atoms in total. The van der Waals surface area contributed by atoms with E-state index in [-0.39, 0.29) is 6.09 Å². The van der Waals surface area contributed by atoms with Gasteiger partial charge in [0.15, 0.2) is 0 Å². The molecular weight excluding hydrogens is 314 g/mol. The molecule has 1 amide bonds. The molecule has 134 valence electrons. The van der Waals surface area contributed by atoms with Crippen molar-refractivity contribution < 1.29 is 9.53 Å². The Hall–Kier alpha value is -2.30. The number of fused-ring (bicyclic) bond motifs is 1. The van der Waals surface area contributed by atoms with Crippen molar-refractivity contribution in [3.05, 3.63) is 36.0 Å². The summed E-state index contributed by atoms with van der Waals surface area (Å²) in [6.45, 7) is 7.18. The maximum atomic E-state index is 12.2. The zero-order chi connectivity index (χ0) is 18.0. The molecule has 1 aromatic heterocycles. The predicted molar refractivity (Wildman–Crippen MR) is 100 cm³/mol. The van der Waals surface area contributed by atoms with Crippen LogP contribution in [-0.2, 0) is 11.2 Å². The second kappa shape index (κ2) is 6.90. The summed E-state index contributed by atoms with van der Waals surface area (Å²) in [7, 11) is 0. The molecule has 3 rings (SSSR count). The largest absolute Gasteiger partial charge is 0.444 e. The van der Waals surface area contributed by atoms with Gasteiger partial charge in [-0.25, -0.2) is 4.79 Å². The number of anilines is 1. The van der Waals surface area contributed by atoms with Gasteiger partial charge >= 0.3 is 6.09 Å². The highest BCUT2D eigenvalue weighted by Crippen LogP contribution is 2.29. The van der Waals surface area contributed by atoms with E-state index in [9.17, 15) is 4.79 Å². The third kappa shape index (κ3) is 4.21. The van der Waals surface area contributed by atoms with Crippen molar-refractivity contribution in [1.82, 2.24) is 9.88 Å². The number of hydrogen-bond acceptors (Lipinski definition) is 4. The Morgan fingerprint density at radius 2 is 2.00 bits per heavy atom. The van der Waals surface area contributed by atoms with Gasteiger partial charge in [-0.15, -0.1) is 0 Å². The van der Waals surface area contributed by atoms with Crippen molar-refractivity contribution in [3.8, 4) is 0 Å². The Morgan fingerprint density at radius 3 is 2.68 bits per heavy atom. The number of amides is 1. The molecule has 1 aliphatic rings. The van der Waals surface area contributed by atoms with E-state index >= 15 is 0 Å². The molecule has 0 spiro atoms. The maximum Gasteiger partial charge on any atom is 0.410 e. The summed E-state index contributed by atoms with van der Waals surface area (Å²) < 4.78 is 5.46. The van der Waals surface area contributed by atoms with Gasteiger partial charge in [0.05, 0.1) is 5.52 Å². The molecule has 25 heavy (non-hydrogen) atoms. The molecule has 0 unspecified atom stereocenters. The zero-order valence-corrected chi connectivity index (χ0v) is 15.3. The number of pyridine rings is 1. The highest BCUT2D eigenvalue weighted by atomic mass is 16.6. The van der Waals surface area contributed by atoms with Gasteiger partial charge in [0.25, 0.3) is 0 Å². The predicted octanol–water partition coefficient (Wildman–Crippen LogP) is 4.01. The summed E-state index contributed by atoms with van der Waals surface area (Å²) in [6, 6.07) is 8.07. The minimum Gasteiger partial charge on any atom is -0.444 e. The van der Waals surface area contributed by atoms with Gasteiger partial charge in [0.1, 0.15) is 5.60 Å². The molecule has 5 heteroatoms. The number of nitrogens with two attached hydrogens (primary N) is 1. The lowest BCUT2D eigenvalue weighted by Gasteiger charge is -2.33. The number of carbonyl (C=O) groups is 1. The van der Waals surface area contributed by atoms with Crippen molar-refractivity contribution in [1.29, 1.82) is 0 Å². The van der Waals surface area contributed by atoms with E-state index in [2.05, 4.69) is 11.1 Å². The van der Waals surface area contributed by atoms with Gasteiger partial charge in [-0.2, -0.15) is 0 Å². The zero-order valence-electron chi connectivity index (χ0n) is 15.3. The van der Waals surface area contributed by atoms with Crippen LogP contribution in [0.3, 0.4) is 0 Å². The van der Waals surface area contributed by atoms with E-state index in [0.29, 0.717) is 5.92 Å². The Bertz CT molecular complexity index is 759. The summed E-state index contributed by atoms with van der Waals surface area (Å²) >= 11 is 0. The van der Waals surface area contributed by atoms with E-state index in [1.165, 1.54) is 5.56 Å². The molecule has 2 heterocycles. The number of rotatable bonds is 2. The first-order valence-electron chi connectivity index (χ1n) is 8.93. The number of hydrogen-bond donors (Lipinski definition) is 1. The van der Waals surface area contributed by atoms with Crippen LogP contribution >= 0.6 is 0 Å². The van der Waals surface area contributed by atoms with Gasteiger partial charge in [0, 0.05) is 30.4 Å². The molecule has 0 atom stereocenters. The number of nitrogen functional groups attached to an aromatic ring is 1. The molecular formula is C20H27N3O2. The third-order valence-corrected chi connectivity index (χ3v) is 4.69. The summed E-state index contributed by atoms with van der Waals surface area (Å²) in [5.74, 6) is 0.537. The molecule has 2 N–H and O–H groups in total. The lowest BCUT2D eigenvalue weighted by Crippen LogP contribution is -2.42. The number of ether oxygens (including phenoxy) is 1. The normalized spacial score (nSPS) is 16.2. The number of likely N-dealkylation sites (tertiary alicyclic amines) is 1. The quantitative estimate of drug-likeness (QED) is 0.838. The lowest BCUT2D eigenvalue weighted by atomic mass is 9.89. The van der Waals surface area contributed by atoms with Crippen LogP contribution in [0.15, 0.2) is 30.5 Å². The molecule has 0 aliphatic carbocycles. The number of piperidine rings is 1. The molecule has 0 radical (unpaired) electrons. The van der Waals surface area contributed by atoms with Gasteiger partial charge in [-0.3, -0.25) is 4.98 Å².